The number of rotatable bonds is 3. The van der Waals surface area contributed by atoms with Gasteiger partial charge in [-0.05, 0) is 36.8 Å². The highest BCUT2D eigenvalue weighted by molar-refractivity contribution is 8.00. The van der Waals surface area contributed by atoms with E-state index in [2.05, 4.69) is 53.4 Å². The molecule has 1 saturated heterocycles. The third-order valence-corrected chi connectivity index (χ3v) is 4.98. The van der Waals surface area contributed by atoms with E-state index in [-0.39, 0.29) is 0 Å². The SMILES string of the molecule is CC1SCCCC1Nc1ccccc1-n1cccn1. The molecule has 2 aromatic rings. The van der Waals surface area contributed by atoms with E-state index in [0.29, 0.717) is 11.3 Å². The molecule has 4 heteroatoms. The highest BCUT2D eigenvalue weighted by Gasteiger charge is 2.22. The molecule has 0 radical (unpaired) electrons. The van der Waals surface area contributed by atoms with Crippen LogP contribution in [0.1, 0.15) is 19.8 Å². The van der Waals surface area contributed by atoms with E-state index in [1.807, 2.05) is 23.1 Å². The van der Waals surface area contributed by atoms with Gasteiger partial charge in [0, 0.05) is 23.7 Å². The number of nitrogens with zero attached hydrogens (tertiary/aromatic N) is 2. The molecule has 1 aliphatic rings. The summed E-state index contributed by atoms with van der Waals surface area (Å²) in [7, 11) is 0. The number of anilines is 1. The van der Waals surface area contributed by atoms with Crippen LogP contribution in [-0.2, 0) is 0 Å². The summed E-state index contributed by atoms with van der Waals surface area (Å²) in [6.07, 6.45) is 6.35. The van der Waals surface area contributed by atoms with Crippen LogP contribution in [0.3, 0.4) is 0 Å². The van der Waals surface area contributed by atoms with Crippen LogP contribution in [0.15, 0.2) is 42.7 Å². The number of hydrogen-bond donors (Lipinski definition) is 1. The van der Waals surface area contributed by atoms with Crippen molar-refractivity contribution in [3.63, 3.8) is 0 Å². The van der Waals surface area contributed by atoms with E-state index in [9.17, 15) is 0 Å². The van der Waals surface area contributed by atoms with Crippen LogP contribution >= 0.6 is 11.8 Å². The first-order valence-electron chi connectivity index (χ1n) is 6.82. The molecular formula is C15H19N3S. The van der Waals surface area contributed by atoms with Crippen LogP contribution in [-0.4, -0.2) is 26.8 Å². The maximum atomic E-state index is 4.33. The first-order chi connectivity index (χ1) is 9.34. The third-order valence-electron chi connectivity index (χ3n) is 3.60. The van der Waals surface area contributed by atoms with Crippen molar-refractivity contribution in [2.75, 3.05) is 11.1 Å². The van der Waals surface area contributed by atoms with Gasteiger partial charge in [-0.3, -0.25) is 0 Å². The molecule has 19 heavy (non-hydrogen) atoms. The zero-order valence-corrected chi connectivity index (χ0v) is 11.9. The highest BCUT2D eigenvalue weighted by Crippen LogP contribution is 2.29. The topological polar surface area (TPSA) is 29.9 Å². The zero-order valence-electron chi connectivity index (χ0n) is 11.1. The minimum Gasteiger partial charge on any atom is -0.379 e. The van der Waals surface area contributed by atoms with Crippen molar-refractivity contribution in [3.8, 4) is 5.69 Å². The molecule has 0 saturated carbocycles. The number of para-hydroxylation sites is 2. The molecule has 1 N–H and O–H groups in total. The van der Waals surface area contributed by atoms with Crippen molar-refractivity contribution in [3.05, 3.63) is 42.7 Å². The number of thioether (sulfide) groups is 1. The van der Waals surface area contributed by atoms with E-state index in [1.165, 1.54) is 24.3 Å². The molecule has 1 aliphatic heterocycles. The van der Waals surface area contributed by atoms with Gasteiger partial charge < -0.3 is 5.32 Å². The minimum atomic E-state index is 0.551. The lowest BCUT2D eigenvalue weighted by Crippen LogP contribution is -2.33. The van der Waals surface area contributed by atoms with E-state index >= 15 is 0 Å². The van der Waals surface area contributed by atoms with E-state index in [1.54, 1.807) is 0 Å². The molecule has 0 amide bonds. The summed E-state index contributed by atoms with van der Waals surface area (Å²) in [5, 5.41) is 8.70. The largest absolute Gasteiger partial charge is 0.379 e. The van der Waals surface area contributed by atoms with E-state index < -0.39 is 0 Å². The van der Waals surface area contributed by atoms with Crippen molar-refractivity contribution in [1.82, 2.24) is 9.78 Å². The predicted molar refractivity (Wildman–Crippen MR) is 82.1 cm³/mol. The fourth-order valence-corrected chi connectivity index (χ4v) is 3.66. The lowest BCUT2D eigenvalue weighted by atomic mass is 10.1. The average molecular weight is 273 g/mol. The highest BCUT2D eigenvalue weighted by atomic mass is 32.2. The van der Waals surface area contributed by atoms with Crippen LogP contribution in [0.5, 0.6) is 0 Å². The predicted octanol–water partition coefficient (Wildman–Crippen LogP) is 3.57. The van der Waals surface area contributed by atoms with Crippen molar-refractivity contribution in [2.45, 2.75) is 31.1 Å². The summed E-state index contributed by atoms with van der Waals surface area (Å²) in [6, 6.07) is 10.9. The van der Waals surface area contributed by atoms with Gasteiger partial charge in [0.05, 0.1) is 11.4 Å². The Kier molecular flexibility index (Phi) is 3.78. The second kappa shape index (κ2) is 5.70. The summed E-state index contributed by atoms with van der Waals surface area (Å²) >= 11 is 2.06. The Balaban J connectivity index is 1.84. The summed E-state index contributed by atoms with van der Waals surface area (Å²) in [5.41, 5.74) is 2.29. The van der Waals surface area contributed by atoms with Gasteiger partial charge in [0.25, 0.3) is 0 Å². The van der Waals surface area contributed by atoms with Gasteiger partial charge in [0.15, 0.2) is 0 Å². The quantitative estimate of drug-likeness (QED) is 0.927. The number of hydrogen-bond acceptors (Lipinski definition) is 3. The summed E-state index contributed by atoms with van der Waals surface area (Å²) in [5.74, 6) is 1.29. The van der Waals surface area contributed by atoms with Crippen molar-refractivity contribution in [1.29, 1.82) is 0 Å². The minimum absolute atomic E-state index is 0.551. The monoisotopic (exact) mass is 273 g/mol. The second-order valence-corrected chi connectivity index (χ2v) is 6.42. The number of benzene rings is 1. The molecule has 0 spiro atoms. The third kappa shape index (κ3) is 2.78. The molecule has 2 unspecified atom stereocenters. The molecule has 0 aliphatic carbocycles. The average Bonchev–Trinajstić information content (AvgIpc) is 2.96. The molecular weight excluding hydrogens is 254 g/mol. The number of aromatic nitrogens is 2. The van der Waals surface area contributed by atoms with Gasteiger partial charge in [0.1, 0.15) is 0 Å². The van der Waals surface area contributed by atoms with Crippen molar-refractivity contribution >= 4 is 17.4 Å². The Hall–Kier alpha value is -1.42. The maximum Gasteiger partial charge on any atom is 0.0876 e. The zero-order chi connectivity index (χ0) is 13.1. The first kappa shape index (κ1) is 12.6. The van der Waals surface area contributed by atoms with Gasteiger partial charge in [-0.25, -0.2) is 4.68 Å². The maximum absolute atomic E-state index is 4.33. The first-order valence-corrected chi connectivity index (χ1v) is 7.86. The normalized spacial score (nSPS) is 23.2. The second-order valence-electron chi connectivity index (χ2n) is 4.94. The van der Waals surface area contributed by atoms with E-state index in [0.717, 1.165) is 5.69 Å². The van der Waals surface area contributed by atoms with Crippen molar-refractivity contribution < 1.29 is 0 Å². The molecule has 2 atom stereocenters. The smallest absolute Gasteiger partial charge is 0.0876 e. The fraction of sp³-hybridized carbons (Fsp3) is 0.400. The van der Waals surface area contributed by atoms with Crippen LogP contribution in [0.4, 0.5) is 5.69 Å². The Morgan fingerprint density at radius 2 is 2.21 bits per heavy atom. The Morgan fingerprint density at radius 3 is 3.00 bits per heavy atom. The van der Waals surface area contributed by atoms with Gasteiger partial charge in [-0.15, -0.1) is 0 Å². The molecule has 0 bridgehead atoms. The molecule has 3 nitrogen and oxygen atoms in total. The Bertz CT molecular complexity index is 524. The van der Waals surface area contributed by atoms with Crippen LogP contribution in [0.2, 0.25) is 0 Å². The molecule has 1 aromatic carbocycles. The van der Waals surface area contributed by atoms with E-state index in [4.69, 9.17) is 0 Å². The molecule has 3 rings (SSSR count). The van der Waals surface area contributed by atoms with Crippen LogP contribution in [0.25, 0.3) is 5.69 Å². The molecule has 1 fully saturated rings. The van der Waals surface area contributed by atoms with Gasteiger partial charge in [-0.2, -0.15) is 16.9 Å². The molecule has 2 heterocycles. The van der Waals surface area contributed by atoms with Gasteiger partial charge in [0.2, 0.25) is 0 Å². The Morgan fingerprint density at radius 1 is 1.32 bits per heavy atom. The lowest BCUT2D eigenvalue weighted by molar-refractivity contribution is 0.617. The Labute approximate surface area is 118 Å². The summed E-state index contributed by atoms with van der Waals surface area (Å²) in [4.78, 5) is 0. The standard InChI is InChI=1S/C15H19N3S/c1-12-13(7-4-11-19-12)17-14-6-2-3-8-15(14)18-10-5-9-16-18/h2-3,5-6,8-10,12-13,17H,4,7,11H2,1H3. The van der Waals surface area contributed by atoms with Crippen LogP contribution < -0.4 is 5.32 Å². The molecule has 100 valence electrons. The van der Waals surface area contributed by atoms with Crippen molar-refractivity contribution in [2.24, 2.45) is 0 Å². The van der Waals surface area contributed by atoms with Crippen LogP contribution in [0, 0.1) is 0 Å². The van der Waals surface area contributed by atoms with Gasteiger partial charge >= 0.3 is 0 Å². The van der Waals surface area contributed by atoms with Gasteiger partial charge in [-0.1, -0.05) is 19.1 Å². The molecule has 1 aromatic heterocycles. The fourth-order valence-electron chi connectivity index (χ4n) is 2.52. The number of nitrogens with one attached hydrogen (secondary N) is 1. The summed E-state index contributed by atoms with van der Waals surface area (Å²) < 4.78 is 1.92. The lowest BCUT2D eigenvalue weighted by Gasteiger charge is -2.30. The summed E-state index contributed by atoms with van der Waals surface area (Å²) in [6.45, 7) is 2.32.